The van der Waals surface area contributed by atoms with Gasteiger partial charge in [-0.2, -0.15) is 0 Å². The van der Waals surface area contributed by atoms with Crippen molar-refractivity contribution >= 4 is 39.5 Å². The van der Waals surface area contributed by atoms with E-state index >= 15 is 0 Å². The first-order chi connectivity index (χ1) is 43.7. The monoisotopic (exact) mass is 1340 g/mol. The maximum atomic E-state index is 13.0. The molecule has 0 bridgehead atoms. The molecule has 540 valence electrons. The molecule has 0 rings (SSSR count). The van der Waals surface area contributed by atoms with Gasteiger partial charge in [0.25, 0.3) is 0 Å². The van der Waals surface area contributed by atoms with Crippen molar-refractivity contribution in [2.45, 2.75) is 381 Å². The van der Waals surface area contributed by atoms with Crippen molar-refractivity contribution < 1.29 is 80.2 Å². The van der Waals surface area contributed by atoms with E-state index in [0.29, 0.717) is 31.6 Å². The SMILES string of the molecule is CCCCCCCCCCCC(=O)OC[C@H](COP(=O)(O)OC[C@H](O)COP(=O)(O)OC[C@@H](COC(=O)CCCCCCCCCCCC(C)C)OC(=O)CCCCCCCCCCCCCCCCCCCCC(C)C)OC(=O)CCCCCCCCC(C)C. The second-order valence-electron chi connectivity index (χ2n) is 27.4. The number of carbonyl (C=O) groups is 4. The predicted molar refractivity (Wildman–Crippen MR) is 368 cm³/mol. The molecule has 0 radical (unpaired) electrons. The molecule has 0 spiro atoms. The van der Waals surface area contributed by atoms with Crippen LogP contribution in [0, 0.1) is 17.8 Å². The highest BCUT2D eigenvalue weighted by Gasteiger charge is 2.30. The van der Waals surface area contributed by atoms with Crippen LogP contribution in [0.1, 0.15) is 363 Å². The second-order valence-corrected chi connectivity index (χ2v) is 30.3. The third kappa shape index (κ3) is 66.5. The molecule has 0 aromatic heterocycles. The average Bonchev–Trinajstić information content (AvgIpc) is 3.59. The van der Waals surface area contributed by atoms with E-state index in [1.165, 1.54) is 173 Å². The van der Waals surface area contributed by atoms with E-state index in [-0.39, 0.29) is 25.7 Å². The van der Waals surface area contributed by atoms with Gasteiger partial charge in [-0.05, 0) is 43.4 Å². The summed E-state index contributed by atoms with van der Waals surface area (Å²) in [4.78, 5) is 72.5. The van der Waals surface area contributed by atoms with Crippen LogP contribution in [0.4, 0.5) is 0 Å². The summed E-state index contributed by atoms with van der Waals surface area (Å²) in [5.41, 5.74) is 0. The Morgan fingerprint density at radius 3 is 0.747 bits per heavy atom. The largest absolute Gasteiger partial charge is 0.472 e. The summed E-state index contributed by atoms with van der Waals surface area (Å²) in [6.07, 6.45) is 47.5. The van der Waals surface area contributed by atoms with Gasteiger partial charge in [-0.3, -0.25) is 37.3 Å². The topological polar surface area (TPSA) is 237 Å². The van der Waals surface area contributed by atoms with E-state index in [4.69, 9.17) is 37.0 Å². The maximum Gasteiger partial charge on any atom is 0.472 e. The molecule has 0 aliphatic rings. The van der Waals surface area contributed by atoms with Crippen molar-refractivity contribution in [1.82, 2.24) is 0 Å². The second kappa shape index (κ2) is 62.8. The third-order valence-corrected chi connectivity index (χ3v) is 18.5. The highest BCUT2D eigenvalue weighted by Crippen LogP contribution is 2.45. The minimum absolute atomic E-state index is 0.102. The Kier molecular flexibility index (Phi) is 61.5. The number of aliphatic hydroxyl groups excluding tert-OH is 1. The van der Waals surface area contributed by atoms with Crippen molar-refractivity contribution in [1.29, 1.82) is 0 Å². The van der Waals surface area contributed by atoms with Gasteiger partial charge >= 0.3 is 39.5 Å². The number of unbranched alkanes of at least 4 members (excludes halogenated alkanes) is 38. The first-order valence-corrected chi connectivity index (χ1v) is 40.3. The molecule has 0 aliphatic heterocycles. The lowest BCUT2D eigenvalue weighted by atomic mass is 10.0. The van der Waals surface area contributed by atoms with Gasteiger partial charge in [0.05, 0.1) is 26.4 Å². The van der Waals surface area contributed by atoms with Crippen LogP contribution in [0.2, 0.25) is 0 Å². The van der Waals surface area contributed by atoms with Gasteiger partial charge < -0.3 is 33.8 Å². The number of ether oxygens (including phenoxy) is 4. The maximum absolute atomic E-state index is 13.0. The highest BCUT2D eigenvalue weighted by molar-refractivity contribution is 7.47. The van der Waals surface area contributed by atoms with Crippen LogP contribution >= 0.6 is 15.6 Å². The first kappa shape index (κ1) is 89.1. The Morgan fingerprint density at radius 2 is 0.505 bits per heavy atom. The van der Waals surface area contributed by atoms with E-state index in [0.717, 1.165) is 102 Å². The van der Waals surface area contributed by atoms with Gasteiger partial charge in [-0.15, -0.1) is 0 Å². The lowest BCUT2D eigenvalue weighted by Crippen LogP contribution is -2.30. The number of phosphoric ester groups is 2. The van der Waals surface area contributed by atoms with Crippen LogP contribution in [-0.2, 0) is 65.4 Å². The molecule has 91 heavy (non-hydrogen) atoms. The number of carbonyl (C=O) groups excluding carboxylic acids is 4. The van der Waals surface area contributed by atoms with Crippen molar-refractivity contribution in [2.24, 2.45) is 17.8 Å². The van der Waals surface area contributed by atoms with Crippen molar-refractivity contribution in [3.8, 4) is 0 Å². The molecule has 0 aliphatic carbocycles. The third-order valence-electron chi connectivity index (χ3n) is 16.6. The summed E-state index contributed by atoms with van der Waals surface area (Å²) in [5.74, 6) is 0.103. The molecule has 0 saturated carbocycles. The van der Waals surface area contributed by atoms with Crippen LogP contribution in [0.15, 0.2) is 0 Å². The summed E-state index contributed by atoms with van der Waals surface area (Å²) >= 11 is 0. The summed E-state index contributed by atoms with van der Waals surface area (Å²) in [7, 11) is -9.90. The van der Waals surface area contributed by atoms with E-state index in [2.05, 4.69) is 48.5 Å². The molecular weight excluding hydrogens is 1200 g/mol. The summed E-state index contributed by atoms with van der Waals surface area (Å²) < 4.78 is 68.2. The minimum atomic E-state index is -4.95. The molecule has 0 fully saturated rings. The zero-order valence-corrected chi connectivity index (χ0v) is 61.1. The minimum Gasteiger partial charge on any atom is -0.462 e. The van der Waals surface area contributed by atoms with E-state index < -0.39 is 97.5 Å². The number of esters is 4. The molecular formula is C72H140O17P2. The fourth-order valence-corrected chi connectivity index (χ4v) is 12.5. The quantitative estimate of drug-likeness (QED) is 0.0222. The molecule has 3 N–H and O–H groups in total. The summed E-state index contributed by atoms with van der Waals surface area (Å²) in [6, 6.07) is 0. The Morgan fingerprint density at radius 1 is 0.297 bits per heavy atom. The number of hydrogen-bond donors (Lipinski definition) is 3. The van der Waals surface area contributed by atoms with E-state index in [1.54, 1.807) is 0 Å². The lowest BCUT2D eigenvalue weighted by molar-refractivity contribution is -0.161. The average molecular weight is 1340 g/mol. The zero-order chi connectivity index (χ0) is 67.3. The van der Waals surface area contributed by atoms with Crippen molar-refractivity contribution in [3.05, 3.63) is 0 Å². The number of phosphoric acid groups is 2. The van der Waals surface area contributed by atoms with Crippen LogP contribution in [0.25, 0.3) is 0 Å². The Balaban J connectivity index is 5.16. The van der Waals surface area contributed by atoms with Crippen LogP contribution in [-0.4, -0.2) is 96.7 Å². The molecule has 19 heteroatoms. The van der Waals surface area contributed by atoms with E-state index in [1.807, 2.05) is 0 Å². The highest BCUT2D eigenvalue weighted by atomic mass is 31.2. The molecule has 2 unspecified atom stereocenters. The fourth-order valence-electron chi connectivity index (χ4n) is 10.9. The van der Waals surface area contributed by atoms with E-state index in [9.17, 15) is 43.2 Å². The predicted octanol–water partition coefficient (Wildman–Crippen LogP) is 20.6. The summed E-state index contributed by atoms with van der Waals surface area (Å²) in [6.45, 7) is 11.8. The Labute approximate surface area is 556 Å². The van der Waals surface area contributed by atoms with Gasteiger partial charge in [0, 0.05) is 25.7 Å². The number of aliphatic hydroxyl groups is 1. The lowest BCUT2D eigenvalue weighted by Gasteiger charge is -2.21. The van der Waals surface area contributed by atoms with Crippen molar-refractivity contribution in [2.75, 3.05) is 39.6 Å². The molecule has 0 heterocycles. The number of rotatable bonds is 70. The van der Waals surface area contributed by atoms with Crippen LogP contribution in [0.3, 0.4) is 0 Å². The van der Waals surface area contributed by atoms with Gasteiger partial charge in [0.2, 0.25) is 0 Å². The van der Waals surface area contributed by atoms with Gasteiger partial charge in [-0.25, -0.2) is 9.13 Å². The van der Waals surface area contributed by atoms with Crippen molar-refractivity contribution in [3.63, 3.8) is 0 Å². The van der Waals surface area contributed by atoms with Gasteiger partial charge in [0.1, 0.15) is 19.3 Å². The molecule has 17 nitrogen and oxygen atoms in total. The fraction of sp³-hybridized carbons (Fsp3) is 0.944. The zero-order valence-electron chi connectivity index (χ0n) is 59.3. The molecule has 0 amide bonds. The van der Waals surface area contributed by atoms with Crippen LogP contribution < -0.4 is 0 Å². The van der Waals surface area contributed by atoms with Gasteiger partial charge in [-0.1, -0.05) is 312 Å². The van der Waals surface area contributed by atoms with Gasteiger partial charge in [0.15, 0.2) is 12.2 Å². The Bertz CT molecular complexity index is 1780. The van der Waals surface area contributed by atoms with Crippen LogP contribution in [0.5, 0.6) is 0 Å². The smallest absolute Gasteiger partial charge is 0.462 e. The standard InChI is InChI=1S/C72H140O17P2/c1-8-9-10-11-12-24-31-39-46-53-69(74)82-60-68(89-72(77)56-49-42-35-34-38-45-52-65(6)7)62-87-91(80,81)85-58-66(73)57-84-90(78,79)86-61-67(59-83-70(75)54-47-40-32-28-23-26-30-37-44-51-64(4)5)88-71(76)55-48-41-33-27-22-20-18-16-14-13-15-17-19-21-25-29-36-43-50-63(2)3/h63-68,73H,8-62H2,1-7H3,(H,78,79)(H,80,81)/t66-,67-,68-/m1/s1. The molecule has 0 saturated heterocycles. The number of hydrogen-bond acceptors (Lipinski definition) is 15. The molecule has 0 aromatic rings. The first-order valence-electron chi connectivity index (χ1n) is 37.3. The summed E-state index contributed by atoms with van der Waals surface area (Å²) in [5, 5.41) is 10.6. The Hall–Kier alpha value is -1.94. The molecule has 0 aromatic carbocycles. The normalized spacial score (nSPS) is 14.2. The molecule has 5 atom stereocenters.